The standard InChI is InChI=1S/C15H26N2O/c1-12(2)9-13-5-4-6-15(18,10-13)11-14-16-7-8-17(14)3/h7-8,12-13,18H,4-6,9-11H2,1-3H3. The fourth-order valence-electron chi connectivity index (χ4n) is 3.35. The predicted octanol–water partition coefficient (Wildman–Crippen LogP) is 2.93. The lowest BCUT2D eigenvalue weighted by Gasteiger charge is -2.37. The van der Waals surface area contributed by atoms with Gasteiger partial charge in [-0.05, 0) is 31.1 Å². The molecule has 1 fully saturated rings. The van der Waals surface area contributed by atoms with Crippen LogP contribution in [0.1, 0.15) is 51.8 Å². The number of rotatable bonds is 4. The van der Waals surface area contributed by atoms with Crippen molar-refractivity contribution in [3.8, 4) is 0 Å². The fraction of sp³-hybridized carbons (Fsp3) is 0.800. The van der Waals surface area contributed by atoms with Crippen LogP contribution in [0.5, 0.6) is 0 Å². The fourth-order valence-corrected chi connectivity index (χ4v) is 3.35. The van der Waals surface area contributed by atoms with E-state index in [1.54, 1.807) is 0 Å². The van der Waals surface area contributed by atoms with Gasteiger partial charge in [-0.15, -0.1) is 0 Å². The summed E-state index contributed by atoms with van der Waals surface area (Å²) in [5, 5.41) is 10.8. The summed E-state index contributed by atoms with van der Waals surface area (Å²) < 4.78 is 2.02. The minimum absolute atomic E-state index is 0.531. The molecular weight excluding hydrogens is 224 g/mol. The Hall–Kier alpha value is -0.830. The highest BCUT2D eigenvalue weighted by atomic mass is 16.3. The van der Waals surface area contributed by atoms with Crippen molar-refractivity contribution in [2.45, 2.75) is 58.0 Å². The number of imidazole rings is 1. The highest BCUT2D eigenvalue weighted by Gasteiger charge is 2.35. The van der Waals surface area contributed by atoms with E-state index in [1.807, 2.05) is 24.0 Å². The second-order valence-corrected chi connectivity index (χ2v) is 6.45. The number of aromatic nitrogens is 2. The molecule has 2 unspecified atom stereocenters. The van der Waals surface area contributed by atoms with E-state index >= 15 is 0 Å². The Labute approximate surface area is 110 Å². The van der Waals surface area contributed by atoms with Crippen molar-refractivity contribution < 1.29 is 5.11 Å². The van der Waals surface area contributed by atoms with Gasteiger partial charge in [0.25, 0.3) is 0 Å². The Morgan fingerprint density at radius 3 is 2.94 bits per heavy atom. The lowest BCUT2D eigenvalue weighted by Crippen LogP contribution is -2.38. The zero-order valence-corrected chi connectivity index (χ0v) is 11.9. The third kappa shape index (κ3) is 3.35. The lowest BCUT2D eigenvalue weighted by molar-refractivity contribution is -0.0208. The van der Waals surface area contributed by atoms with E-state index < -0.39 is 5.60 Å². The summed E-state index contributed by atoms with van der Waals surface area (Å²) in [6, 6.07) is 0. The first-order chi connectivity index (χ1) is 8.48. The summed E-state index contributed by atoms with van der Waals surface area (Å²) in [6.07, 6.45) is 10.0. The third-order valence-electron chi connectivity index (χ3n) is 4.14. The van der Waals surface area contributed by atoms with Gasteiger partial charge < -0.3 is 9.67 Å². The van der Waals surface area contributed by atoms with Crippen LogP contribution in [0.15, 0.2) is 12.4 Å². The van der Waals surface area contributed by atoms with E-state index in [-0.39, 0.29) is 0 Å². The highest BCUT2D eigenvalue weighted by molar-refractivity contribution is 5.00. The molecule has 3 nitrogen and oxygen atoms in total. The molecule has 102 valence electrons. The van der Waals surface area contributed by atoms with Crippen molar-refractivity contribution in [2.24, 2.45) is 18.9 Å². The van der Waals surface area contributed by atoms with Crippen LogP contribution in [-0.2, 0) is 13.5 Å². The first-order valence-corrected chi connectivity index (χ1v) is 7.17. The van der Waals surface area contributed by atoms with Gasteiger partial charge in [0.05, 0.1) is 5.60 Å². The van der Waals surface area contributed by atoms with E-state index in [1.165, 1.54) is 12.8 Å². The van der Waals surface area contributed by atoms with Crippen molar-refractivity contribution in [1.29, 1.82) is 0 Å². The predicted molar refractivity (Wildman–Crippen MR) is 73.3 cm³/mol. The molecule has 18 heavy (non-hydrogen) atoms. The van der Waals surface area contributed by atoms with Crippen molar-refractivity contribution in [3.05, 3.63) is 18.2 Å². The van der Waals surface area contributed by atoms with Crippen molar-refractivity contribution in [3.63, 3.8) is 0 Å². The van der Waals surface area contributed by atoms with Crippen LogP contribution in [0.2, 0.25) is 0 Å². The molecule has 0 radical (unpaired) electrons. The minimum Gasteiger partial charge on any atom is -0.389 e. The number of aliphatic hydroxyl groups is 1. The quantitative estimate of drug-likeness (QED) is 0.892. The molecule has 0 aromatic carbocycles. The van der Waals surface area contributed by atoms with E-state index in [4.69, 9.17) is 0 Å². The molecule has 1 N–H and O–H groups in total. The minimum atomic E-state index is -0.531. The molecule has 3 heteroatoms. The molecule has 1 aromatic heterocycles. The highest BCUT2D eigenvalue weighted by Crippen LogP contribution is 2.37. The molecule has 2 rings (SSSR count). The maximum atomic E-state index is 10.8. The summed E-state index contributed by atoms with van der Waals surface area (Å²) in [5.41, 5.74) is -0.531. The Bertz CT molecular complexity index is 386. The van der Waals surface area contributed by atoms with E-state index in [2.05, 4.69) is 18.8 Å². The van der Waals surface area contributed by atoms with Crippen LogP contribution in [-0.4, -0.2) is 20.3 Å². The molecule has 1 saturated carbocycles. The van der Waals surface area contributed by atoms with Crippen LogP contribution >= 0.6 is 0 Å². The molecule has 1 aliphatic rings. The number of hydrogen-bond acceptors (Lipinski definition) is 2. The van der Waals surface area contributed by atoms with Crippen LogP contribution < -0.4 is 0 Å². The zero-order chi connectivity index (χ0) is 13.2. The molecule has 1 heterocycles. The smallest absolute Gasteiger partial charge is 0.111 e. The van der Waals surface area contributed by atoms with Gasteiger partial charge in [0.15, 0.2) is 0 Å². The summed E-state index contributed by atoms with van der Waals surface area (Å²) in [5.74, 6) is 2.41. The topological polar surface area (TPSA) is 38.1 Å². The lowest BCUT2D eigenvalue weighted by atomic mass is 9.73. The van der Waals surface area contributed by atoms with Crippen LogP contribution in [0, 0.1) is 11.8 Å². The second-order valence-electron chi connectivity index (χ2n) is 6.45. The zero-order valence-electron chi connectivity index (χ0n) is 11.9. The Balaban J connectivity index is 1.99. The number of aryl methyl sites for hydroxylation is 1. The third-order valence-corrected chi connectivity index (χ3v) is 4.14. The van der Waals surface area contributed by atoms with Crippen molar-refractivity contribution >= 4 is 0 Å². The molecule has 0 spiro atoms. The first kappa shape index (κ1) is 13.6. The number of hydrogen-bond donors (Lipinski definition) is 1. The SMILES string of the molecule is CC(C)CC1CCCC(O)(Cc2nccn2C)C1. The van der Waals surface area contributed by atoms with Gasteiger partial charge >= 0.3 is 0 Å². The van der Waals surface area contributed by atoms with Gasteiger partial charge in [0.1, 0.15) is 5.82 Å². The summed E-state index contributed by atoms with van der Waals surface area (Å²) >= 11 is 0. The van der Waals surface area contributed by atoms with Gasteiger partial charge in [-0.25, -0.2) is 4.98 Å². The molecule has 1 aliphatic carbocycles. The van der Waals surface area contributed by atoms with E-state index in [0.29, 0.717) is 12.3 Å². The molecule has 2 atom stereocenters. The Morgan fingerprint density at radius 1 is 1.56 bits per heavy atom. The van der Waals surface area contributed by atoms with Crippen LogP contribution in [0.3, 0.4) is 0 Å². The van der Waals surface area contributed by atoms with Gasteiger partial charge in [-0.3, -0.25) is 0 Å². The van der Waals surface area contributed by atoms with E-state index in [0.717, 1.165) is 31.0 Å². The van der Waals surface area contributed by atoms with Gasteiger partial charge in [-0.1, -0.05) is 26.7 Å². The molecule has 0 bridgehead atoms. The second kappa shape index (κ2) is 5.43. The molecular formula is C15H26N2O. The number of nitrogens with zero attached hydrogens (tertiary/aromatic N) is 2. The van der Waals surface area contributed by atoms with Gasteiger partial charge in [0, 0.05) is 25.9 Å². The Morgan fingerprint density at radius 2 is 2.33 bits per heavy atom. The first-order valence-electron chi connectivity index (χ1n) is 7.17. The normalized spacial score (nSPS) is 28.8. The van der Waals surface area contributed by atoms with Crippen LogP contribution in [0.4, 0.5) is 0 Å². The van der Waals surface area contributed by atoms with Crippen LogP contribution in [0.25, 0.3) is 0 Å². The van der Waals surface area contributed by atoms with Crippen molar-refractivity contribution in [1.82, 2.24) is 9.55 Å². The average molecular weight is 250 g/mol. The average Bonchev–Trinajstić information content (AvgIpc) is 2.62. The summed E-state index contributed by atoms with van der Waals surface area (Å²) in [7, 11) is 2.00. The van der Waals surface area contributed by atoms with E-state index in [9.17, 15) is 5.11 Å². The molecule has 0 aliphatic heterocycles. The van der Waals surface area contributed by atoms with Gasteiger partial charge in [0.2, 0.25) is 0 Å². The maximum absolute atomic E-state index is 10.8. The van der Waals surface area contributed by atoms with Gasteiger partial charge in [-0.2, -0.15) is 0 Å². The molecule has 0 saturated heterocycles. The summed E-state index contributed by atoms with van der Waals surface area (Å²) in [4.78, 5) is 4.34. The molecule has 1 aromatic rings. The summed E-state index contributed by atoms with van der Waals surface area (Å²) in [6.45, 7) is 4.54. The largest absolute Gasteiger partial charge is 0.389 e. The molecule has 0 amide bonds. The van der Waals surface area contributed by atoms with Crippen molar-refractivity contribution in [2.75, 3.05) is 0 Å². The maximum Gasteiger partial charge on any atom is 0.111 e. The Kier molecular flexibility index (Phi) is 4.10. The monoisotopic (exact) mass is 250 g/mol.